The van der Waals surface area contributed by atoms with Crippen molar-refractivity contribution in [3.63, 3.8) is 0 Å². The lowest BCUT2D eigenvalue weighted by atomic mass is 10.1. The summed E-state index contributed by atoms with van der Waals surface area (Å²) in [4.78, 5) is 18.7. The predicted molar refractivity (Wildman–Crippen MR) is 84.3 cm³/mol. The van der Waals surface area contributed by atoms with E-state index < -0.39 is 0 Å². The van der Waals surface area contributed by atoms with Crippen LogP contribution in [0.1, 0.15) is 29.0 Å². The van der Waals surface area contributed by atoms with Gasteiger partial charge in [-0.3, -0.25) is 9.78 Å². The van der Waals surface area contributed by atoms with Gasteiger partial charge in [0, 0.05) is 19.3 Å². The highest BCUT2D eigenvalue weighted by Crippen LogP contribution is 2.27. The second kappa shape index (κ2) is 6.93. The van der Waals surface area contributed by atoms with Crippen LogP contribution >= 0.6 is 0 Å². The lowest BCUT2D eigenvalue weighted by molar-refractivity contribution is 0.0736. The number of hydrogen-bond donors (Lipinski definition) is 0. The third-order valence-corrected chi connectivity index (χ3v) is 3.66. The third kappa shape index (κ3) is 3.19. The van der Waals surface area contributed by atoms with Gasteiger partial charge in [0.2, 0.25) is 0 Å². The summed E-state index contributed by atoms with van der Waals surface area (Å²) in [7, 11) is 4.87. The van der Waals surface area contributed by atoms with Crippen LogP contribution in [0.4, 0.5) is 0 Å². The van der Waals surface area contributed by atoms with Crippen LogP contribution in [-0.4, -0.2) is 37.1 Å². The molecule has 2 rings (SSSR count). The molecule has 1 aromatic carbocycles. The average molecular weight is 300 g/mol. The molecule has 0 aliphatic heterocycles. The first-order valence-corrected chi connectivity index (χ1v) is 6.98. The highest BCUT2D eigenvalue weighted by molar-refractivity contribution is 5.97. The first-order chi connectivity index (χ1) is 10.6. The van der Waals surface area contributed by atoms with Crippen molar-refractivity contribution in [3.8, 4) is 11.5 Å². The van der Waals surface area contributed by atoms with Gasteiger partial charge >= 0.3 is 0 Å². The van der Waals surface area contributed by atoms with E-state index in [1.165, 1.54) is 7.11 Å². The molecule has 0 unspecified atom stereocenters. The molecular weight excluding hydrogens is 280 g/mol. The number of amides is 1. The number of hydrogen-bond acceptors (Lipinski definition) is 4. The van der Waals surface area contributed by atoms with Gasteiger partial charge in [0.1, 0.15) is 11.5 Å². The van der Waals surface area contributed by atoms with E-state index in [9.17, 15) is 4.79 Å². The summed E-state index contributed by atoms with van der Waals surface area (Å²) in [6, 6.07) is 10.7. The Balaban J connectivity index is 2.27. The number of benzene rings is 1. The molecule has 1 atom stereocenters. The average Bonchev–Trinajstić information content (AvgIpc) is 2.59. The number of nitrogens with zero attached hydrogens (tertiary/aromatic N) is 2. The van der Waals surface area contributed by atoms with Crippen molar-refractivity contribution in [1.29, 1.82) is 0 Å². The van der Waals surface area contributed by atoms with Crippen LogP contribution in [0.3, 0.4) is 0 Å². The number of carbonyl (C=O) groups excluding carboxylic acids is 1. The van der Waals surface area contributed by atoms with E-state index in [0.29, 0.717) is 17.1 Å². The van der Waals surface area contributed by atoms with Crippen LogP contribution in [0.2, 0.25) is 0 Å². The molecule has 0 bridgehead atoms. The fraction of sp³-hybridized carbons (Fsp3) is 0.294. The van der Waals surface area contributed by atoms with Crippen molar-refractivity contribution < 1.29 is 14.3 Å². The highest BCUT2D eigenvalue weighted by Gasteiger charge is 2.22. The van der Waals surface area contributed by atoms with Crippen LogP contribution in [0, 0.1) is 0 Å². The van der Waals surface area contributed by atoms with Crippen molar-refractivity contribution in [3.05, 3.63) is 53.9 Å². The molecule has 5 heteroatoms. The van der Waals surface area contributed by atoms with E-state index in [0.717, 1.165) is 5.69 Å². The Kier molecular flexibility index (Phi) is 4.99. The monoisotopic (exact) mass is 300 g/mol. The molecule has 0 spiro atoms. The van der Waals surface area contributed by atoms with Gasteiger partial charge in [0.05, 0.1) is 31.5 Å². The lowest BCUT2D eigenvalue weighted by Gasteiger charge is -2.25. The van der Waals surface area contributed by atoms with Gasteiger partial charge in [-0.15, -0.1) is 0 Å². The van der Waals surface area contributed by atoms with Crippen LogP contribution in [0.15, 0.2) is 42.6 Å². The molecule has 22 heavy (non-hydrogen) atoms. The first-order valence-electron chi connectivity index (χ1n) is 6.98. The quantitative estimate of drug-likeness (QED) is 0.852. The van der Waals surface area contributed by atoms with Crippen molar-refractivity contribution >= 4 is 5.91 Å². The number of ether oxygens (including phenoxy) is 2. The molecule has 0 fully saturated rings. The summed E-state index contributed by atoms with van der Waals surface area (Å²) >= 11 is 0. The number of aromatic nitrogens is 1. The Morgan fingerprint density at radius 3 is 2.55 bits per heavy atom. The minimum Gasteiger partial charge on any atom is -0.497 e. The number of methoxy groups -OCH3 is 2. The zero-order valence-corrected chi connectivity index (χ0v) is 13.2. The van der Waals surface area contributed by atoms with Gasteiger partial charge in [-0.1, -0.05) is 6.07 Å². The molecule has 1 heterocycles. The molecule has 0 aliphatic carbocycles. The number of pyridine rings is 1. The van der Waals surface area contributed by atoms with Crippen LogP contribution in [-0.2, 0) is 0 Å². The minimum absolute atomic E-state index is 0.127. The summed E-state index contributed by atoms with van der Waals surface area (Å²) in [6.45, 7) is 1.94. The van der Waals surface area contributed by atoms with E-state index in [-0.39, 0.29) is 11.9 Å². The smallest absolute Gasteiger partial charge is 0.257 e. The summed E-state index contributed by atoms with van der Waals surface area (Å²) in [5, 5.41) is 0. The highest BCUT2D eigenvalue weighted by atomic mass is 16.5. The van der Waals surface area contributed by atoms with Crippen molar-refractivity contribution in [2.75, 3.05) is 21.3 Å². The summed E-state index contributed by atoms with van der Waals surface area (Å²) in [6.07, 6.45) is 1.72. The molecule has 2 aromatic rings. The Bertz CT molecular complexity index is 644. The predicted octanol–water partition coefficient (Wildman–Crippen LogP) is 2.93. The Morgan fingerprint density at radius 1 is 1.18 bits per heavy atom. The maximum Gasteiger partial charge on any atom is 0.257 e. The molecule has 1 amide bonds. The summed E-state index contributed by atoms with van der Waals surface area (Å²) in [5.41, 5.74) is 1.33. The molecule has 5 nitrogen and oxygen atoms in total. The second-order valence-corrected chi connectivity index (χ2v) is 4.91. The number of carbonyl (C=O) groups is 1. The summed E-state index contributed by atoms with van der Waals surface area (Å²) < 4.78 is 10.5. The summed E-state index contributed by atoms with van der Waals surface area (Å²) in [5.74, 6) is 1.01. The van der Waals surface area contributed by atoms with E-state index in [4.69, 9.17) is 9.47 Å². The van der Waals surface area contributed by atoms with Gasteiger partial charge in [0.25, 0.3) is 5.91 Å². The standard InChI is InChI=1S/C17H20N2O3/c1-12(15-7-5-6-10-18-15)19(2)17(20)14-9-8-13(21-3)11-16(14)22-4/h5-12H,1-4H3/t12-/m1/s1. The van der Waals surface area contributed by atoms with Gasteiger partial charge in [-0.25, -0.2) is 0 Å². The largest absolute Gasteiger partial charge is 0.497 e. The molecule has 0 saturated carbocycles. The van der Waals surface area contributed by atoms with Gasteiger partial charge in [-0.05, 0) is 31.2 Å². The molecule has 0 saturated heterocycles. The van der Waals surface area contributed by atoms with Crippen LogP contribution in [0.5, 0.6) is 11.5 Å². The fourth-order valence-electron chi connectivity index (χ4n) is 2.16. The van der Waals surface area contributed by atoms with Crippen LogP contribution in [0.25, 0.3) is 0 Å². The van der Waals surface area contributed by atoms with Crippen molar-refractivity contribution in [2.45, 2.75) is 13.0 Å². The SMILES string of the molecule is COc1ccc(C(=O)N(C)[C@H](C)c2ccccn2)c(OC)c1. The minimum atomic E-state index is -0.138. The molecule has 0 N–H and O–H groups in total. The Labute approximate surface area is 130 Å². The van der Waals surface area contributed by atoms with Crippen LogP contribution < -0.4 is 9.47 Å². The Hall–Kier alpha value is -2.56. The normalized spacial score (nSPS) is 11.6. The zero-order valence-electron chi connectivity index (χ0n) is 13.2. The maximum atomic E-state index is 12.7. The molecule has 0 aliphatic rings. The zero-order chi connectivity index (χ0) is 16.1. The van der Waals surface area contributed by atoms with Crippen molar-refractivity contribution in [1.82, 2.24) is 9.88 Å². The topological polar surface area (TPSA) is 51.7 Å². The molecular formula is C17H20N2O3. The second-order valence-electron chi connectivity index (χ2n) is 4.91. The van der Waals surface area contributed by atoms with E-state index in [1.807, 2.05) is 25.1 Å². The van der Waals surface area contributed by atoms with E-state index >= 15 is 0 Å². The van der Waals surface area contributed by atoms with Gasteiger partial charge in [0.15, 0.2) is 0 Å². The Morgan fingerprint density at radius 2 is 1.95 bits per heavy atom. The third-order valence-electron chi connectivity index (χ3n) is 3.66. The maximum absolute atomic E-state index is 12.7. The molecule has 1 aromatic heterocycles. The molecule has 0 radical (unpaired) electrons. The van der Waals surface area contributed by atoms with Crippen molar-refractivity contribution in [2.24, 2.45) is 0 Å². The van der Waals surface area contributed by atoms with E-state index in [1.54, 1.807) is 43.5 Å². The van der Waals surface area contributed by atoms with E-state index in [2.05, 4.69) is 4.98 Å². The first kappa shape index (κ1) is 15.8. The lowest BCUT2D eigenvalue weighted by Crippen LogP contribution is -2.30. The number of rotatable bonds is 5. The molecule has 116 valence electrons. The van der Waals surface area contributed by atoms with Gasteiger partial charge in [-0.2, -0.15) is 0 Å². The van der Waals surface area contributed by atoms with Gasteiger partial charge < -0.3 is 14.4 Å². The fourth-order valence-corrected chi connectivity index (χ4v) is 2.16.